The Kier molecular flexibility index (Phi) is 60.3. The largest absolute Gasteiger partial charge is 0.394 e. The molecule has 12 N–H and O–H groups in total. The van der Waals surface area contributed by atoms with Crippen LogP contribution in [-0.2, 0) is 33.2 Å². The van der Waals surface area contributed by atoms with Gasteiger partial charge in [-0.2, -0.15) is 0 Å². The van der Waals surface area contributed by atoms with Crippen LogP contribution in [0.4, 0.5) is 0 Å². The van der Waals surface area contributed by atoms with Gasteiger partial charge in [0.05, 0.1) is 38.6 Å². The number of rotatable bonds is 70. The van der Waals surface area contributed by atoms with Crippen molar-refractivity contribution in [3.63, 3.8) is 0 Å². The van der Waals surface area contributed by atoms with E-state index in [9.17, 15) is 61.0 Å². The molecule has 0 saturated carbocycles. The highest BCUT2D eigenvalue weighted by Gasteiger charge is 2.54. The standard InChI is InChI=1S/C84H159NO18/c1-3-5-7-9-11-13-15-17-19-21-23-25-27-28-29-30-31-32-33-34-35-36-37-38-40-42-44-46-48-50-52-54-56-58-60-62-72(90)85-67(68(89)61-59-57-55-53-51-49-47-45-43-41-39-26-24-22-20-18-16-14-12-10-8-6-4-2)66-98-82-78(96)75(93)80(70(64-87)100-82)103-84-79(97)76(94)81(71(65-88)101-84)102-83-77(95)74(92)73(91)69(63-86)99-83/h15,17,21,23,67-71,73-84,86-89,91-97H,3-14,16,18-20,22,24-66H2,1-2H3,(H,85,90)/b17-15-,23-21-. The Morgan fingerprint density at radius 3 is 0.990 bits per heavy atom. The van der Waals surface area contributed by atoms with Crippen molar-refractivity contribution in [3.8, 4) is 0 Å². The summed E-state index contributed by atoms with van der Waals surface area (Å²) in [6, 6.07) is -0.886. The van der Waals surface area contributed by atoms with E-state index in [2.05, 4.69) is 43.5 Å². The highest BCUT2D eigenvalue weighted by molar-refractivity contribution is 5.76. The quantitative estimate of drug-likeness (QED) is 0.0199. The number of nitrogens with one attached hydrogen (secondary N) is 1. The van der Waals surface area contributed by atoms with Gasteiger partial charge in [-0.1, -0.05) is 346 Å². The van der Waals surface area contributed by atoms with Crippen LogP contribution in [-0.4, -0.2) is 193 Å². The van der Waals surface area contributed by atoms with Crippen molar-refractivity contribution < 1.29 is 89.4 Å². The van der Waals surface area contributed by atoms with Gasteiger partial charge in [-0.15, -0.1) is 0 Å². The second-order valence-electron chi connectivity index (χ2n) is 31.0. The molecule has 19 nitrogen and oxygen atoms in total. The minimum atomic E-state index is -1.97. The minimum absolute atomic E-state index is 0.234. The Bertz CT molecular complexity index is 1950. The normalized spacial score (nSPS) is 26.1. The second-order valence-corrected chi connectivity index (χ2v) is 31.0. The summed E-state index contributed by atoms with van der Waals surface area (Å²) < 4.78 is 34.6. The molecule has 0 spiro atoms. The van der Waals surface area contributed by atoms with Gasteiger partial charge in [0.1, 0.15) is 73.2 Å². The van der Waals surface area contributed by atoms with E-state index in [1.165, 1.54) is 289 Å². The molecule has 0 aliphatic carbocycles. The Morgan fingerprint density at radius 1 is 0.350 bits per heavy atom. The van der Waals surface area contributed by atoms with Crippen LogP contribution in [0.5, 0.6) is 0 Å². The maximum Gasteiger partial charge on any atom is 0.220 e. The first-order valence-electron chi connectivity index (χ1n) is 43.1. The molecule has 3 rings (SSSR count). The van der Waals surface area contributed by atoms with E-state index in [0.717, 1.165) is 51.4 Å². The monoisotopic (exact) mass is 1470 g/mol. The lowest BCUT2D eigenvalue weighted by molar-refractivity contribution is -0.379. The van der Waals surface area contributed by atoms with E-state index in [-0.39, 0.29) is 18.9 Å². The number of aliphatic hydroxyl groups excluding tert-OH is 11. The van der Waals surface area contributed by atoms with E-state index < -0.39 is 124 Å². The third-order valence-electron chi connectivity index (χ3n) is 21.8. The lowest BCUT2D eigenvalue weighted by atomic mass is 9.96. The summed E-state index contributed by atoms with van der Waals surface area (Å²) in [5.41, 5.74) is 0. The van der Waals surface area contributed by atoms with E-state index in [1.807, 2.05) is 0 Å². The van der Waals surface area contributed by atoms with Gasteiger partial charge in [-0.3, -0.25) is 4.79 Å². The van der Waals surface area contributed by atoms with Gasteiger partial charge >= 0.3 is 0 Å². The lowest BCUT2D eigenvalue weighted by Crippen LogP contribution is -2.66. The average Bonchev–Trinajstić information content (AvgIpc) is 0.781. The molecule has 0 aromatic heterocycles. The molecule has 0 aromatic rings. The molecule has 19 heteroatoms. The summed E-state index contributed by atoms with van der Waals surface area (Å²) in [6.07, 6.45) is 52.8. The summed E-state index contributed by atoms with van der Waals surface area (Å²) in [5, 5.41) is 121. The van der Waals surface area contributed by atoms with E-state index in [1.54, 1.807) is 0 Å². The smallest absolute Gasteiger partial charge is 0.220 e. The predicted molar refractivity (Wildman–Crippen MR) is 411 cm³/mol. The fraction of sp³-hybridized carbons (Fsp3) is 0.940. The van der Waals surface area contributed by atoms with Crippen molar-refractivity contribution in [2.45, 2.75) is 478 Å². The first-order valence-corrected chi connectivity index (χ1v) is 43.1. The van der Waals surface area contributed by atoms with Gasteiger partial charge in [-0.05, 0) is 44.9 Å². The number of allylic oxidation sites excluding steroid dienone is 4. The molecule has 3 fully saturated rings. The maximum atomic E-state index is 13.5. The van der Waals surface area contributed by atoms with Crippen molar-refractivity contribution in [3.05, 3.63) is 24.3 Å². The summed E-state index contributed by atoms with van der Waals surface area (Å²) in [6.45, 7) is 1.86. The average molecular weight is 1470 g/mol. The first-order chi connectivity index (χ1) is 50.3. The summed E-state index contributed by atoms with van der Waals surface area (Å²) in [5.74, 6) is -0.234. The van der Waals surface area contributed by atoms with Crippen LogP contribution in [0.25, 0.3) is 0 Å². The third kappa shape index (κ3) is 44.6. The molecule has 3 saturated heterocycles. The first kappa shape index (κ1) is 95.5. The van der Waals surface area contributed by atoms with Gasteiger partial charge in [0.25, 0.3) is 0 Å². The van der Waals surface area contributed by atoms with Crippen LogP contribution in [0, 0.1) is 0 Å². The molecule has 0 radical (unpaired) electrons. The molecule has 0 aromatic carbocycles. The summed E-state index contributed by atoms with van der Waals surface area (Å²) >= 11 is 0. The molecule has 3 aliphatic heterocycles. The zero-order valence-corrected chi connectivity index (χ0v) is 65.3. The topological polar surface area (TPSA) is 307 Å². The molecule has 17 atom stereocenters. The Hall–Kier alpha value is -1.73. The number of aliphatic hydroxyl groups is 11. The maximum absolute atomic E-state index is 13.5. The van der Waals surface area contributed by atoms with Crippen molar-refractivity contribution >= 4 is 5.91 Å². The summed E-state index contributed by atoms with van der Waals surface area (Å²) in [7, 11) is 0. The predicted octanol–water partition coefficient (Wildman–Crippen LogP) is 15.3. The molecule has 3 heterocycles. The lowest BCUT2D eigenvalue weighted by Gasteiger charge is -2.48. The molecular formula is C84H159NO18. The Labute approximate surface area is 626 Å². The van der Waals surface area contributed by atoms with Gasteiger partial charge in [0, 0.05) is 6.42 Å². The molecule has 608 valence electrons. The second kappa shape index (κ2) is 65.0. The van der Waals surface area contributed by atoms with Gasteiger partial charge in [0.2, 0.25) is 5.91 Å². The molecule has 1 amide bonds. The molecular weight excluding hydrogens is 1310 g/mol. The van der Waals surface area contributed by atoms with Crippen molar-refractivity contribution in [2.75, 3.05) is 26.4 Å². The number of hydrogen-bond acceptors (Lipinski definition) is 18. The molecule has 3 aliphatic rings. The van der Waals surface area contributed by atoms with Crippen molar-refractivity contribution in [1.82, 2.24) is 5.32 Å². The number of hydrogen-bond donors (Lipinski definition) is 12. The Morgan fingerprint density at radius 2 is 0.641 bits per heavy atom. The van der Waals surface area contributed by atoms with Crippen molar-refractivity contribution in [2.24, 2.45) is 0 Å². The number of carbonyl (C=O) groups is 1. The fourth-order valence-electron chi connectivity index (χ4n) is 14.9. The van der Waals surface area contributed by atoms with Gasteiger partial charge in [0.15, 0.2) is 18.9 Å². The number of carbonyl (C=O) groups excluding carboxylic acids is 1. The van der Waals surface area contributed by atoms with Gasteiger partial charge in [-0.25, -0.2) is 0 Å². The number of unbranched alkanes of at least 4 members (excludes halogenated alkanes) is 50. The van der Waals surface area contributed by atoms with E-state index in [0.29, 0.717) is 12.8 Å². The van der Waals surface area contributed by atoms with Crippen LogP contribution in [0.2, 0.25) is 0 Å². The Balaban J connectivity index is 1.32. The van der Waals surface area contributed by atoms with E-state index >= 15 is 0 Å². The highest BCUT2D eigenvalue weighted by Crippen LogP contribution is 2.34. The number of ether oxygens (including phenoxy) is 6. The zero-order valence-electron chi connectivity index (χ0n) is 65.3. The van der Waals surface area contributed by atoms with Crippen LogP contribution < -0.4 is 5.32 Å². The highest BCUT2D eigenvalue weighted by atomic mass is 16.8. The molecule has 0 bridgehead atoms. The SMILES string of the molecule is CCCCCCC/C=C\C/C=C\CCCCCCCCCCCCCCCCCCCCCCCCCC(=O)NC(COC1OC(CO)C(OC2OC(CO)C(OC3OC(CO)C(O)C(O)C3O)C(O)C2O)C(O)C1O)C(O)CCCCCCCCCCCCCCCCCCCCCCCCC. The van der Waals surface area contributed by atoms with Crippen molar-refractivity contribution in [1.29, 1.82) is 0 Å². The van der Waals surface area contributed by atoms with Crippen LogP contribution >= 0.6 is 0 Å². The van der Waals surface area contributed by atoms with Crippen LogP contribution in [0.15, 0.2) is 24.3 Å². The third-order valence-corrected chi connectivity index (χ3v) is 21.8. The fourth-order valence-corrected chi connectivity index (χ4v) is 14.9. The van der Waals surface area contributed by atoms with Gasteiger partial charge < -0.3 is 89.9 Å². The van der Waals surface area contributed by atoms with Crippen LogP contribution in [0.3, 0.4) is 0 Å². The minimum Gasteiger partial charge on any atom is -0.394 e. The van der Waals surface area contributed by atoms with Crippen LogP contribution in [0.1, 0.15) is 373 Å². The molecule has 17 unspecified atom stereocenters. The molecule has 103 heavy (non-hydrogen) atoms. The van der Waals surface area contributed by atoms with E-state index in [4.69, 9.17) is 28.4 Å². The zero-order chi connectivity index (χ0) is 74.6. The summed E-state index contributed by atoms with van der Waals surface area (Å²) in [4.78, 5) is 13.5. The number of amides is 1.